The van der Waals surface area contributed by atoms with Crippen molar-refractivity contribution < 1.29 is 0 Å². The third-order valence-corrected chi connectivity index (χ3v) is 17.2. The second-order valence-electron chi connectivity index (χ2n) is 23.7. The summed E-state index contributed by atoms with van der Waals surface area (Å²) in [5, 5.41) is 6.04. The average Bonchev–Trinajstić information content (AvgIpc) is 1.44. The molecule has 0 fully saturated rings. The third kappa shape index (κ3) is 14.8. The average molecular weight is 1280 g/mol. The number of rotatable bonds is 6. The van der Waals surface area contributed by atoms with E-state index in [4.69, 9.17) is 0 Å². The van der Waals surface area contributed by atoms with Crippen molar-refractivity contribution in [3.63, 3.8) is 0 Å². The predicted molar refractivity (Wildman–Crippen MR) is 407 cm³/mol. The number of hydrogen-bond acceptors (Lipinski definition) is 8. The quantitative estimate of drug-likeness (QED) is 0.162. The molecular formula is C88H73N11. The van der Waals surface area contributed by atoms with Crippen molar-refractivity contribution in [2.75, 3.05) is 0 Å². The van der Waals surface area contributed by atoms with Gasteiger partial charge in [0.1, 0.15) is 17.1 Å². The number of nitrogens with zero attached hydrogens (tertiary/aromatic N) is 11. The second-order valence-corrected chi connectivity index (χ2v) is 23.7. The summed E-state index contributed by atoms with van der Waals surface area (Å²) in [6.07, 6.45) is 11.7. The van der Waals surface area contributed by atoms with E-state index in [9.17, 15) is 0 Å². The fourth-order valence-corrected chi connectivity index (χ4v) is 12.4. The Morgan fingerprint density at radius 2 is 0.707 bits per heavy atom. The van der Waals surface area contributed by atoms with E-state index in [1.807, 2.05) is 194 Å². The van der Waals surface area contributed by atoms with Gasteiger partial charge in [0, 0.05) is 104 Å². The largest absolute Gasteiger partial charge is 0.304 e. The molecule has 0 spiro atoms. The molecular weight excluding hydrogens is 1210 g/mol. The standard InChI is InChI=1S/2C16H13N.C15H12N2.2C14H12N2.C13H11N3/c1-12-16(13-7-3-2-4-8-13)15-10-6-5-9-14(15)11-17-12;1-12-15-10-6-5-9-14(15)11-17-16(12)13-7-3-2-4-8-13;1-11-16-14-10-6-5-9-13(14)15(17-11)12-7-3-2-4-8-12;1-11-14(12-7-3-2-4-8-12)15-13-9-5-6-10-16(11)13;1-11-14(12-7-3-2-4-8-12)16-10-6-5-9-13(16)15-11;1-10-12(11-6-3-2-4-7-11)15-13-14-8-5-9-16(10)13/h2*2-11H,1H3;2-10H,1H3;2*2-10H,1H3;2-9H,1H3. The van der Waals surface area contributed by atoms with E-state index in [2.05, 4.69) is 229 Å². The van der Waals surface area contributed by atoms with Crippen molar-refractivity contribution >= 4 is 49.5 Å². The van der Waals surface area contributed by atoms with E-state index >= 15 is 0 Å². The van der Waals surface area contributed by atoms with Crippen LogP contribution in [0.3, 0.4) is 0 Å². The summed E-state index contributed by atoms with van der Waals surface area (Å²) in [7, 11) is 0. The number of imidazole rings is 3. The summed E-state index contributed by atoms with van der Waals surface area (Å²) in [4.78, 5) is 36.0. The molecule has 0 aliphatic carbocycles. The molecule has 18 aromatic rings. The lowest BCUT2D eigenvalue weighted by Gasteiger charge is -2.09. The fraction of sp³-hybridized carbons (Fsp3) is 0.0682. The molecule has 0 atom stereocenters. The monoisotopic (exact) mass is 1280 g/mol. The van der Waals surface area contributed by atoms with Crippen LogP contribution in [0.1, 0.15) is 34.2 Å². The van der Waals surface area contributed by atoms with Crippen LogP contribution in [-0.4, -0.2) is 53.1 Å². The predicted octanol–water partition coefficient (Wildman–Crippen LogP) is 21.3. The highest BCUT2D eigenvalue weighted by Gasteiger charge is 2.14. The summed E-state index contributed by atoms with van der Waals surface area (Å²) in [5.74, 6) is 1.56. The van der Waals surface area contributed by atoms with E-state index in [1.165, 1.54) is 66.3 Å². The zero-order chi connectivity index (χ0) is 67.9. The van der Waals surface area contributed by atoms with Crippen LogP contribution in [0.25, 0.3) is 117 Å². The molecule has 0 aliphatic rings. The molecule has 0 saturated carbocycles. The fourth-order valence-electron chi connectivity index (χ4n) is 12.4. The highest BCUT2D eigenvalue weighted by molar-refractivity contribution is 5.97. The summed E-state index contributed by atoms with van der Waals surface area (Å²) >= 11 is 0. The summed E-state index contributed by atoms with van der Waals surface area (Å²) < 4.78 is 6.25. The van der Waals surface area contributed by atoms with Crippen LogP contribution in [0.2, 0.25) is 0 Å². The van der Waals surface area contributed by atoms with Gasteiger partial charge in [0.15, 0.2) is 0 Å². The van der Waals surface area contributed by atoms with Crippen molar-refractivity contribution in [3.05, 3.63) is 369 Å². The van der Waals surface area contributed by atoms with E-state index in [0.717, 1.165) is 84.8 Å². The zero-order valence-electron chi connectivity index (χ0n) is 56.2. The number of fused-ring (bicyclic) bond motifs is 6. The van der Waals surface area contributed by atoms with Gasteiger partial charge in [-0.05, 0) is 99.8 Å². The molecule has 0 saturated heterocycles. The van der Waals surface area contributed by atoms with Gasteiger partial charge >= 0.3 is 0 Å². The van der Waals surface area contributed by atoms with Crippen molar-refractivity contribution in [2.24, 2.45) is 0 Å². The minimum absolute atomic E-state index is 0.749. The van der Waals surface area contributed by atoms with Crippen LogP contribution < -0.4 is 0 Å². The highest BCUT2D eigenvalue weighted by Crippen LogP contribution is 2.32. The van der Waals surface area contributed by atoms with Crippen molar-refractivity contribution in [1.29, 1.82) is 0 Å². The Kier molecular flexibility index (Phi) is 20.1. The maximum absolute atomic E-state index is 4.65. The summed E-state index contributed by atoms with van der Waals surface area (Å²) in [6, 6.07) is 101. The van der Waals surface area contributed by atoms with E-state index in [0.29, 0.717) is 0 Å². The minimum atomic E-state index is 0.749. The maximum atomic E-state index is 4.65. The van der Waals surface area contributed by atoms with Crippen LogP contribution in [0.5, 0.6) is 0 Å². The first-order valence-electron chi connectivity index (χ1n) is 33.1. The van der Waals surface area contributed by atoms with Crippen LogP contribution in [0, 0.1) is 41.5 Å². The van der Waals surface area contributed by atoms with Gasteiger partial charge in [0.05, 0.1) is 39.7 Å². The van der Waals surface area contributed by atoms with Crippen LogP contribution in [0.4, 0.5) is 0 Å². The maximum Gasteiger partial charge on any atom is 0.234 e. The minimum Gasteiger partial charge on any atom is -0.304 e. The molecule has 9 heterocycles. The summed E-state index contributed by atoms with van der Waals surface area (Å²) in [6.45, 7) is 12.3. The third-order valence-electron chi connectivity index (χ3n) is 17.2. The molecule has 0 N–H and O–H groups in total. The summed E-state index contributed by atoms with van der Waals surface area (Å²) in [5.41, 5.74) is 22.3. The van der Waals surface area contributed by atoms with Crippen LogP contribution >= 0.6 is 0 Å². The molecule has 11 nitrogen and oxygen atoms in total. The molecule has 0 unspecified atom stereocenters. The highest BCUT2D eigenvalue weighted by atomic mass is 15.1. The molecule has 0 amide bonds. The Bertz CT molecular complexity index is 5560. The Labute approximate surface area is 576 Å². The molecule has 9 aromatic carbocycles. The number of aryl methyl sites for hydroxylation is 6. The van der Waals surface area contributed by atoms with E-state index in [-0.39, 0.29) is 0 Å². The van der Waals surface area contributed by atoms with Gasteiger partial charge in [-0.2, -0.15) is 0 Å². The van der Waals surface area contributed by atoms with E-state index in [1.54, 1.807) is 6.20 Å². The molecule has 9 aromatic heterocycles. The number of pyridine rings is 4. The van der Waals surface area contributed by atoms with Gasteiger partial charge in [0.25, 0.3) is 0 Å². The number of benzene rings is 9. The topological polar surface area (TPSA) is 116 Å². The van der Waals surface area contributed by atoms with Gasteiger partial charge in [0.2, 0.25) is 5.78 Å². The molecule has 0 bridgehead atoms. The lowest BCUT2D eigenvalue weighted by atomic mass is 9.98. The van der Waals surface area contributed by atoms with Gasteiger partial charge in [-0.25, -0.2) is 29.9 Å². The zero-order valence-corrected chi connectivity index (χ0v) is 56.2. The molecule has 18 rings (SSSR count). The van der Waals surface area contributed by atoms with Crippen molar-refractivity contribution in [2.45, 2.75) is 41.5 Å². The second kappa shape index (κ2) is 30.7. The first-order chi connectivity index (χ1) is 48.6. The van der Waals surface area contributed by atoms with Gasteiger partial charge in [-0.15, -0.1) is 0 Å². The molecule has 0 aliphatic heterocycles. The SMILES string of the molecule is Cc1c(-c2ccccc2)nc2ccccn12.Cc1c(-c2ccccc2)nc2ncccn12.Cc1c(-c2ccccc2)ncc2ccccc12.Cc1nc(-c2ccccc2)c2ccccc2n1.Cc1nc2ccccn2c1-c1ccccc1.Cc1ncc2ccccc2c1-c1ccccc1. The molecule has 11 heteroatoms. The molecule has 480 valence electrons. The smallest absolute Gasteiger partial charge is 0.234 e. The number of aromatic nitrogens is 11. The van der Waals surface area contributed by atoms with Crippen molar-refractivity contribution in [1.82, 2.24) is 53.1 Å². The molecule has 99 heavy (non-hydrogen) atoms. The first kappa shape index (κ1) is 64.8. The van der Waals surface area contributed by atoms with Gasteiger partial charge in [-0.3, -0.25) is 18.8 Å². The lowest BCUT2D eigenvalue weighted by molar-refractivity contribution is 1.06. The van der Waals surface area contributed by atoms with E-state index < -0.39 is 0 Å². The Morgan fingerprint density at radius 3 is 1.29 bits per heavy atom. The van der Waals surface area contributed by atoms with Gasteiger partial charge < -0.3 is 4.40 Å². The number of hydrogen-bond donors (Lipinski definition) is 0. The van der Waals surface area contributed by atoms with Gasteiger partial charge in [-0.1, -0.05) is 261 Å². The van der Waals surface area contributed by atoms with Crippen LogP contribution in [0.15, 0.2) is 334 Å². The Balaban J connectivity index is 0.000000107. The Morgan fingerprint density at radius 1 is 0.273 bits per heavy atom. The van der Waals surface area contributed by atoms with Crippen molar-refractivity contribution in [3.8, 4) is 67.4 Å². The molecule has 0 radical (unpaired) electrons. The number of para-hydroxylation sites is 1. The lowest BCUT2D eigenvalue weighted by Crippen LogP contribution is -1.93. The first-order valence-corrected chi connectivity index (χ1v) is 33.1. The Hall–Kier alpha value is -12.9. The normalized spacial score (nSPS) is 10.7. The van der Waals surface area contributed by atoms with Crippen LogP contribution in [-0.2, 0) is 0 Å².